The maximum atomic E-state index is 12.8. The Balaban J connectivity index is 2.03. The summed E-state index contributed by atoms with van der Waals surface area (Å²) in [5, 5.41) is 26.5. The molecule has 10 nitrogen and oxygen atoms in total. The van der Waals surface area contributed by atoms with Crippen molar-refractivity contribution in [3.63, 3.8) is 0 Å². The fraction of sp³-hybridized carbons (Fsp3) is 0.500. The third-order valence-electron chi connectivity index (χ3n) is 4.88. The number of unbranched alkanes of at least 4 members (excludes halogenated alkanes) is 1. The van der Waals surface area contributed by atoms with E-state index in [1.54, 1.807) is 12.1 Å². The Labute approximate surface area is 174 Å². The van der Waals surface area contributed by atoms with E-state index in [9.17, 15) is 29.4 Å². The molecule has 1 saturated heterocycles. The standard InChI is InChI=1S/C20H28N4O6/c21-10-2-1-3-14(23-19(28)15-8-9-17(26)22-15)18(27)24-16(20(29)30)11-12-4-6-13(25)7-5-12/h4-7,14-16,25H,1-3,8-11,21H2,(H,22,26)(H,23,28)(H,24,27)(H,29,30)/t14-,15-,16-/m0/s1. The Morgan fingerprint density at radius 3 is 2.40 bits per heavy atom. The molecule has 0 bridgehead atoms. The highest BCUT2D eigenvalue weighted by Crippen LogP contribution is 2.12. The van der Waals surface area contributed by atoms with Gasteiger partial charge in [0.2, 0.25) is 17.7 Å². The Hall–Kier alpha value is -3.14. The van der Waals surface area contributed by atoms with E-state index in [1.807, 2.05) is 0 Å². The molecule has 30 heavy (non-hydrogen) atoms. The summed E-state index contributed by atoms with van der Waals surface area (Å²) in [6, 6.07) is 3.16. The molecule has 0 saturated carbocycles. The number of phenols is 1. The first kappa shape index (κ1) is 23.1. The van der Waals surface area contributed by atoms with Crippen molar-refractivity contribution in [3.8, 4) is 5.75 Å². The Bertz CT molecular complexity index is 767. The molecule has 10 heteroatoms. The second-order valence-electron chi connectivity index (χ2n) is 7.27. The number of hydrogen-bond acceptors (Lipinski definition) is 6. The molecule has 1 heterocycles. The van der Waals surface area contributed by atoms with Crippen LogP contribution in [0.25, 0.3) is 0 Å². The number of carbonyl (C=O) groups is 4. The minimum absolute atomic E-state index is 0.0174. The predicted octanol–water partition coefficient (Wildman–Crippen LogP) is -0.603. The first-order valence-corrected chi connectivity index (χ1v) is 9.91. The first-order valence-electron chi connectivity index (χ1n) is 9.91. The lowest BCUT2D eigenvalue weighted by atomic mass is 10.0. The van der Waals surface area contributed by atoms with Crippen molar-refractivity contribution in [1.29, 1.82) is 0 Å². The number of hydrogen-bond donors (Lipinski definition) is 6. The lowest BCUT2D eigenvalue weighted by Gasteiger charge is -2.23. The Morgan fingerprint density at radius 1 is 1.13 bits per heavy atom. The van der Waals surface area contributed by atoms with Crippen LogP contribution < -0.4 is 21.7 Å². The Morgan fingerprint density at radius 2 is 1.83 bits per heavy atom. The largest absolute Gasteiger partial charge is 0.508 e. The second kappa shape index (κ2) is 11.1. The van der Waals surface area contributed by atoms with Gasteiger partial charge in [0, 0.05) is 12.8 Å². The van der Waals surface area contributed by atoms with Crippen LogP contribution in [0.4, 0.5) is 0 Å². The average Bonchev–Trinajstić information content (AvgIpc) is 3.14. The number of nitrogens with two attached hydrogens (primary N) is 1. The zero-order valence-corrected chi connectivity index (χ0v) is 16.6. The van der Waals surface area contributed by atoms with Gasteiger partial charge in [0.05, 0.1) is 0 Å². The second-order valence-corrected chi connectivity index (χ2v) is 7.27. The number of carbonyl (C=O) groups excluding carboxylic acids is 3. The quantitative estimate of drug-likeness (QED) is 0.259. The van der Waals surface area contributed by atoms with Crippen LogP contribution in [-0.4, -0.2) is 58.6 Å². The number of carboxylic acid groups (broad SMARTS) is 1. The number of benzene rings is 1. The number of aliphatic carboxylic acids is 1. The van der Waals surface area contributed by atoms with Crippen molar-refractivity contribution in [1.82, 2.24) is 16.0 Å². The van der Waals surface area contributed by atoms with Crippen molar-refractivity contribution in [3.05, 3.63) is 29.8 Å². The summed E-state index contributed by atoms with van der Waals surface area (Å²) < 4.78 is 0. The highest BCUT2D eigenvalue weighted by molar-refractivity contribution is 5.94. The van der Waals surface area contributed by atoms with Crippen molar-refractivity contribution in [2.24, 2.45) is 5.73 Å². The summed E-state index contributed by atoms with van der Waals surface area (Å²) in [5.41, 5.74) is 6.12. The molecule has 2 rings (SSSR count). The van der Waals surface area contributed by atoms with E-state index in [0.717, 1.165) is 0 Å². The van der Waals surface area contributed by atoms with Crippen LogP contribution in [0, 0.1) is 0 Å². The molecule has 1 aromatic rings. The van der Waals surface area contributed by atoms with E-state index in [0.29, 0.717) is 37.8 Å². The molecule has 3 atom stereocenters. The van der Waals surface area contributed by atoms with Gasteiger partial charge < -0.3 is 31.9 Å². The molecule has 0 aromatic heterocycles. The van der Waals surface area contributed by atoms with Gasteiger partial charge in [0.25, 0.3) is 0 Å². The van der Waals surface area contributed by atoms with Crippen molar-refractivity contribution < 1.29 is 29.4 Å². The SMILES string of the molecule is NCCCC[C@H](NC(=O)[C@@H]1CCC(=O)N1)C(=O)N[C@@H](Cc1ccc(O)cc1)C(=O)O. The van der Waals surface area contributed by atoms with E-state index in [1.165, 1.54) is 12.1 Å². The highest BCUT2D eigenvalue weighted by Gasteiger charge is 2.31. The van der Waals surface area contributed by atoms with Gasteiger partial charge in [0.1, 0.15) is 23.9 Å². The summed E-state index contributed by atoms with van der Waals surface area (Å²) in [5.74, 6) is -2.47. The van der Waals surface area contributed by atoms with Gasteiger partial charge >= 0.3 is 5.97 Å². The molecule has 0 aliphatic carbocycles. The van der Waals surface area contributed by atoms with Crippen LogP contribution in [0.3, 0.4) is 0 Å². The van der Waals surface area contributed by atoms with E-state index < -0.39 is 35.9 Å². The van der Waals surface area contributed by atoms with Gasteiger partial charge in [-0.15, -0.1) is 0 Å². The third-order valence-corrected chi connectivity index (χ3v) is 4.88. The van der Waals surface area contributed by atoms with Crippen LogP contribution in [0.1, 0.15) is 37.7 Å². The topological polar surface area (TPSA) is 171 Å². The van der Waals surface area contributed by atoms with E-state index in [4.69, 9.17) is 5.73 Å². The van der Waals surface area contributed by atoms with Gasteiger partial charge in [-0.2, -0.15) is 0 Å². The molecular formula is C20H28N4O6. The van der Waals surface area contributed by atoms with E-state index in [-0.39, 0.29) is 24.5 Å². The maximum Gasteiger partial charge on any atom is 0.326 e. The average molecular weight is 420 g/mol. The summed E-state index contributed by atoms with van der Waals surface area (Å²) in [7, 11) is 0. The molecule has 3 amide bonds. The lowest BCUT2D eigenvalue weighted by Crippen LogP contribution is -2.54. The number of nitrogens with one attached hydrogen (secondary N) is 3. The molecule has 0 unspecified atom stereocenters. The van der Waals surface area contributed by atoms with Crippen LogP contribution in [0.15, 0.2) is 24.3 Å². The molecule has 1 aliphatic heterocycles. The van der Waals surface area contributed by atoms with Crippen LogP contribution in [-0.2, 0) is 25.6 Å². The molecular weight excluding hydrogens is 392 g/mol. The minimum atomic E-state index is -1.22. The maximum absolute atomic E-state index is 12.8. The van der Waals surface area contributed by atoms with E-state index in [2.05, 4.69) is 16.0 Å². The fourth-order valence-corrected chi connectivity index (χ4v) is 3.18. The fourth-order valence-electron chi connectivity index (χ4n) is 3.18. The number of carboxylic acids is 1. The molecule has 7 N–H and O–H groups in total. The number of rotatable bonds is 11. The zero-order chi connectivity index (χ0) is 22.1. The molecule has 1 aliphatic rings. The van der Waals surface area contributed by atoms with Crippen molar-refractivity contribution >= 4 is 23.7 Å². The molecule has 1 aromatic carbocycles. The molecule has 0 radical (unpaired) electrons. The predicted molar refractivity (Wildman–Crippen MR) is 107 cm³/mol. The lowest BCUT2D eigenvalue weighted by molar-refractivity contribution is -0.142. The number of aromatic hydroxyl groups is 1. The monoisotopic (exact) mass is 420 g/mol. The zero-order valence-electron chi connectivity index (χ0n) is 16.6. The number of phenolic OH excluding ortho intramolecular Hbond substituents is 1. The Kier molecular flexibility index (Phi) is 8.60. The van der Waals surface area contributed by atoms with E-state index >= 15 is 0 Å². The van der Waals surface area contributed by atoms with Gasteiger partial charge in [-0.3, -0.25) is 14.4 Å². The summed E-state index contributed by atoms with van der Waals surface area (Å²) >= 11 is 0. The summed E-state index contributed by atoms with van der Waals surface area (Å²) in [4.78, 5) is 48.2. The van der Waals surface area contributed by atoms with Crippen molar-refractivity contribution in [2.45, 2.75) is 56.7 Å². The molecule has 164 valence electrons. The van der Waals surface area contributed by atoms with Gasteiger partial charge in [-0.25, -0.2) is 4.79 Å². The van der Waals surface area contributed by atoms with Crippen LogP contribution in [0.5, 0.6) is 5.75 Å². The first-order chi connectivity index (χ1) is 14.3. The molecule has 0 spiro atoms. The van der Waals surface area contributed by atoms with Gasteiger partial charge in [0.15, 0.2) is 0 Å². The van der Waals surface area contributed by atoms with Crippen LogP contribution >= 0.6 is 0 Å². The van der Waals surface area contributed by atoms with Crippen molar-refractivity contribution in [2.75, 3.05) is 6.54 Å². The number of amides is 3. The third kappa shape index (κ3) is 7.03. The van der Waals surface area contributed by atoms with Gasteiger partial charge in [-0.05, 0) is 49.9 Å². The van der Waals surface area contributed by atoms with Crippen LogP contribution in [0.2, 0.25) is 0 Å². The summed E-state index contributed by atoms with van der Waals surface area (Å²) in [6.07, 6.45) is 2.12. The normalized spacial score (nSPS) is 17.6. The van der Waals surface area contributed by atoms with Gasteiger partial charge in [-0.1, -0.05) is 12.1 Å². The smallest absolute Gasteiger partial charge is 0.326 e. The molecule has 1 fully saturated rings. The minimum Gasteiger partial charge on any atom is -0.508 e. The summed E-state index contributed by atoms with van der Waals surface area (Å²) in [6.45, 7) is 0.430. The highest BCUT2D eigenvalue weighted by atomic mass is 16.4.